The molecule has 0 fully saturated rings. The average Bonchev–Trinajstić information content (AvgIpc) is 2.74. The Kier molecular flexibility index (Phi) is 4.06. The highest BCUT2D eigenvalue weighted by Crippen LogP contribution is 2.36. The van der Waals surface area contributed by atoms with Gasteiger partial charge in [0.15, 0.2) is 5.13 Å². The maximum absolute atomic E-state index is 12.9. The molecule has 2 rings (SSSR count). The lowest BCUT2D eigenvalue weighted by molar-refractivity contribution is -0.137. The Morgan fingerprint density at radius 1 is 1.48 bits per heavy atom. The Labute approximate surface area is 121 Å². The van der Waals surface area contributed by atoms with Crippen molar-refractivity contribution >= 4 is 32.6 Å². The number of hydrogen-bond acceptors (Lipinski definition) is 5. The van der Waals surface area contributed by atoms with Crippen molar-refractivity contribution in [1.82, 2.24) is 4.98 Å². The zero-order valence-corrected chi connectivity index (χ0v) is 11.7. The van der Waals surface area contributed by atoms with Gasteiger partial charge in [-0.05, 0) is 17.7 Å². The van der Waals surface area contributed by atoms with Crippen molar-refractivity contribution in [2.45, 2.75) is 18.7 Å². The Hall–Kier alpha value is -1.87. The highest BCUT2D eigenvalue weighted by Gasteiger charge is 2.32. The molecule has 0 spiro atoms. The van der Waals surface area contributed by atoms with Crippen LogP contribution in [0.25, 0.3) is 10.2 Å². The van der Waals surface area contributed by atoms with E-state index in [1.165, 1.54) is 7.11 Å². The third kappa shape index (κ3) is 3.24. The molecule has 4 N–H and O–H groups in total. The van der Waals surface area contributed by atoms with Crippen LogP contribution in [0, 0.1) is 0 Å². The lowest BCUT2D eigenvalue weighted by Crippen LogP contribution is -2.32. The minimum Gasteiger partial charge on any atom is -0.375 e. The minimum absolute atomic E-state index is 0.102. The number of aromatic nitrogens is 1. The molecule has 1 unspecified atom stereocenters. The molecule has 114 valence electrons. The van der Waals surface area contributed by atoms with E-state index in [0.717, 1.165) is 23.5 Å². The van der Waals surface area contributed by atoms with E-state index < -0.39 is 23.8 Å². The van der Waals surface area contributed by atoms with Gasteiger partial charge in [-0.3, -0.25) is 4.79 Å². The average molecular weight is 319 g/mol. The summed E-state index contributed by atoms with van der Waals surface area (Å²) < 4.78 is 43.9. The second kappa shape index (κ2) is 5.49. The third-order valence-electron chi connectivity index (χ3n) is 2.92. The number of carbonyl (C=O) groups excluding carboxylic acids is 1. The van der Waals surface area contributed by atoms with Gasteiger partial charge in [0.25, 0.3) is 0 Å². The Bertz CT molecular complexity index is 684. The Morgan fingerprint density at radius 2 is 2.14 bits per heavy atom. The fraction of sp³-hybridized carbons (Fsp3) is 0.333. The van der Waals surface area contributed by atoms with Gasteiger partial charge in [0.05, 0.1) is 15.8 Å². The van der Waals surface area contributed by atoms with E-state index in [-0.39, 0.29) is 17.1 Å². The lowest BCUT2D eigenvalue weighted by Gasteiger charge is -2.14. The first-order valence-electron chi connectivity index (χ1n) is 5.80. The standard InChI is InChI=1S/C12H12F3N3O2S/c1-20-7(10(16)19)3-5-2-6(12(13,14)15)4-8-9(5)18-11(17)21-8/h2,4,7H,3H2,1H3,(H2,16,19)(H2,17,18). The summed E-state index contributed by atoms with van der Waals surface area (Å²) in [4.78, 5) is 15.2. The van der Waals surface area contributed by atoms with Crippen LogP contribution in [0.1, 0.15) is 11.1 Å². The number of rotatable bonds is 4. The summed E-state index contributed by atoms with van der Waals surface area (Å²) in [5.74, 6) is -0.758. The minimum atomic E-state index is -4.50. The smallest absolute Gasteiger partial charge is 0.375 e. The van der Waals surface area contributed by atoms with Gasteiger partial charge in [0.2, 0.25) is 5.91 Å². The number of nitrogens with zero attached hydrogens (tertiary/aromatic N) is 1. The molecule has 5 nitrogen and oxygen atoms in total. The van der Waals surface area contributed by atoms with Gasteiger partial charge >= 0.3 is 6.18 Å². The fourth-order valence-corrected chi connectivity index (χ4v) is 2.76. The number of alkyl halides is 3. The van der Waals surface area contributed by atoms with Crippen LogP contribution in [0.3, 0.4) is 0 Å². The summed E-state index contributed by atoms with van der Waals surface area (Å²) in [5.41, 5.74) is 10.4. The number of nitrogens with two attached hydrogens (primary N) is 2. The number of thiazole rings is 1. The predicted octanol–water partition coefficient (Wildman–Crippen LogP) is 1.94. The predicted molar refractivity (Wildman–Crippen MR) is 72.7 cm³/mol. The van der Waals surface area contributed by atoms with Crippen LogP contribution in [-0.4, -0.2) is 24.1 Å². The molecule has 0 saturated carbocycles. The summed E-state index contributed by atoms with van der Waals surface area (Å²) in [5, 5.41) is 0.151. The maximum Gasteiger partial charge on any atom is 0.416 e. The summed E-state index contributed by atoms with van der Waals surface area (Å²) in [6.07, 6.45) is -5.63. The number of benzene rings is 1. The molecular weight excluding hydrogens is 307 g/mol. The van der Waals surface area contributed by atoms with Crippen molar-refractivity contribution < 1.29 is 22.7 Å². The van der Waals surface area contributed by atoms with Gasteiger partial charge < -0.3 is 16.2 Å². The number of anilines is 1. The molecule has 0 bridgehead atoms. The zero-order chi connectivity index (χ0) is 15.8. The first-order valence-corrected chi connectivity index (χ1v) is 6.62. The molecule has 1 heterocycles. The molecule has 1 atom stereocenters. The van der Waals surface area contributed by atoms with Gasteiger partial charge in [0, 0.05) is 13.5 Å². The first-order chi connectivity index (χ1) is 9.72. The van der Waals surface area contributed by atoms with Crippen molar-refractivity contribution in [3.8, 4) is 0 Å². The maximum atomic E-state index is 12.9. The van der Waals surface area contributed by atoms with Crippen LogP contribution in [0.4, 0.5) is 18.3 Å². The molecule has 21 heavy (non-hydrogen) atoms. The molecule has 1 aromatic heterocycles. The van der Waals surface area contributed by atoms with Crippen LogP contribution < -0.4 is 11.5 Å². The van der Waals surface area contributed by atoms with Crippen LogP contribution in [0.15, 0.2) is 12.1 Å². The molecule has 1 amide bonds. The van der Waals surface area contributed by atoms with Gasteiger partial charge in [-0.1, -0.05) is 11.3 Å². The van der Waals surface area contributed by atoms with Crippen LogP contribution in [0.2, 0.25) is 0 Å². The van der Waals surface area contributed by atoms with Crippen molar-refractivity contribution in [2.24, 2.45) is 5.73 Å². The number of carbonyl (C=O) groups is 1. The van der Waals surface area contributed by atoms with Gasteiger partial charge in [-0.25, -0.2) is 4.98 Å². The molecule has 0 aliphatic heterocycles. The summed E-state index contributed by atoms with van der Waals surface area (Å²) in [6.45, 7) is 0. The van der Waals surface area contributed by atoms with Crippen LogP contribution in [0.5, 0.6) is 0 Å². The molecule has 0 saturated heterocycles. The number of fused-ring (bicyclic) bond motifs is 1. The molecule has 0 radical (unpaired) electrons. The van der Waals surface area contributed by atoms with Gasteiger partial charge in [-0.15, -0.1) is 0 Å². The zero-order valence-electron chi connectivity index (χ0n) is 10.9. The fourth-order valence-electron chi connectivity index (χ4n) is 1.94. The van der Waals surface area contributed by atoms with Crippen molar-refractivity contribution in [1.29, 1.82) is 0 Å². The Morgan fingerprint density at radius 3 is 2.67 bits per heavy atom. The number of halogens is 3. The lowest BCUT2D eigenvalue weighted by atomic mass is 10.0. The second-order valence-corrected chi connectivity index (χ2v) is 5.43. The van der Waals surface area contributed by atoms with Crippen molar-refractivity contribution in [3.05, 3.63) is 23.3 Å². The molecule has 0 aliphatic rings. The van der Waals surface area contributed by atoms with E-state index in [0.29, 0.717) is 10.2 Å². The number of nitrogen functional groups attached to an aromatic ring is 1. The van der Waals surface area contributed by atoms with Crippen LogP contribution >= 0.6 is 11.3 Å². The summed E-state index contributed by atoms with van der Waals surface area (Å²) >= 11 is 0.949. The number of primary amides is 1. The highest BCUT2D eigenvalue weighted by molar-refractivity contribution is 7.22. The number of methoxy groups -OCH3 is 1. The van der Waals surface area contributed by atoms with E-state index in [9.17, 15) is 18.0 Å². The quantitative estimate of drug-likeness (QED) is 0.901. The van der Waals surface area contributed by atoms with E-state index >= 15 is 0 Å². The molecule has 2 aromatic rings. The molecule has 1 aromatic carbocycles. The Balaban J connectivity index is 2.56. The van der Waals surface area contributed by atoms with Gasteiger partial charge in [0.1, 0.15) is 6.10 Å². The van der Waals surface area contributed by atoms with Gasteiger partial charge in [-0.2, -0.15) is 13.2 Å². The molecule has 9 heteroatoms. The highest BCUT2D eigenvalue weighted by atomic mass is 32.1. The SMILES string of the molecule is COC(Cc1cc(C(F)(F)F)cc2sc(N)nc12)C(N)=O. The molecule has 0 aliphatic carbocycles. The van der Waals surface area contributed by atoms with E-state index in [1.807, 2.05) is 0 Å². The van der Waals surface area contributed by atoms with E-state index in [1.54, 1.807) is 0 Å². The van der Waals surface area contributed by atoms with Crippen LogP contribution in [-0.2, 0) is 22.1 Å². The number of amides is 1. The van der Waals surface area contributed by atoms with E-state index in [4.69, 9.17) is 16.2 Å². The van der Waals surface area contributed by atoms with Crippen molar-refractivity contribution in [2.75, 3.05) is 12.8 Å². The summed E-state index contributed by atoms with van der Waals surface area (Å²) in [6, 6.07) is 1.93. The number of ether oxygens (including phenoxy) is 1. The van der Waals surface area contributed by atoms with Crippen molar-refractivity contribution in [3.63, 3.8) is 0 Å². The second-order valence-electron chi connectivity index (χ2n) is 4.36. The van der Waals surface area contributed by atoms with E-state index in [2.05, 4.69) is 4.98 Å². The first kappa shape index (κ1) is 15.5. The number of hydrogen-bond donors (Lipinski definition) is 2. The molecular formula is C12H12F3N3O2S. The topological polar surface area (TPSA) is 91.2 Å². The monoisotopic (exact) mass is 319 g/mol. The third-order valence-corrected chi connectivity index (χ3v) is 3.76. The largest absolute Gasteiger partial charge is 0.416 e. The normalized spacial score (nSPS) is 13.5. The summed E-state index contributed by atoms with van der Waals surface area (Å²) in [7, 11) is 1.26.